The molecular formula is C28H30N4O3. The first-order valence-electron chi connectivity index (χ1n) is 12.3. The number of anilines is 1. The molecule has 2 aliphatic rings. The molecule has 1 amide bonds. The van der Waals surface area contributed by atoms with Gasteiger partial charge in [-0.05, 0) is 36.1 Å². The van der Waals surface area contributed by atoms with E-state index in [-0.39, 0.29) is 23.2 Å². The van der Waals surface area contributed by atoms with Crippen molar-refractivity contribution < 1.29 is 9.72 Å². The Bertz CT molecular complexity index is 1130. The molecule has 0 saturated carbocycles. The molecule has 0 aromatic heterocycles. The van der Waals surface area contributed by atoms with Crippen LogP contribution in [0.15, 0.2) is 78.9 Å². The smallest absolute Gasteiger partial charge is 0.282 e. The van der Waals surface area contributed by atoms with Crippen molar-refractivity contribution >= 4 is 17.3 Å². The number of likely N-dealkylation sites (tertiary alicyclic amines) is 1. The van der Waals surface area contributed by atoms with Crippen LogP contribution >= 0.6 is 0 Å². The van der Waals surface area contributed by atoms with Gasteiger partial charge in [-0.3, -0.25) is 19.8 Å². The average molecular weight is 471 g/mol. The van der Waals surface area contributed by atoms with Crippen LogP contribution in [0.4, 0.5) is 11.4 Å². The van der Waals surface area contributed by atoms with Crippen molar-refractivity contribution in [1.82, 2.24) is 9.80 Å². The van der Waals surface area contributed by atoms with E-state index in [0.29, 0.717) is 13.1 Å². The molecule has 7 heteroatoms. The number of nitro groups is 1. The number of nitrogens with zero attached hydrogens (tertiary/aromatic N) is 4. The van der Waals surface area contributed by atoms with Crippen molar-refractivity contribution in [1.29, 1.82) is 0 Å². The van der Waals surface area contributed by atoms with Gasteiger partial charge >= 0.3 is 0 Å². The maximum Gasteiger partial charge on any atom is 0.282 e. The maximum absolute atomic E-state index is 13.1. The third-order valence-electron chi connectivity index (χ3n) is 7.08. The second-order valence-corrected chi connectivity index (χ2v) is 9.20. The minimum absolute atomic E-state index is 0.113. The van der Waals surface area contributed by atoms with Crippen LogP contribution in [-0.2, 0) is 0 Å². The van der Waals surface area contributed by atoms with Gasteiger partial charge in [0.25, 0.3) is 11.6 Å². The number of amides is 1. The van der Waals surface area contributed by atoms with E-state index in [4.69, 9.17) is 0 Å². The third kappa shape index (κ3) is 4.91. The molecule has 0 bridgehead atoms. The summed E-state index contributed by atoms with van der Waals surface area (Å²) in [5.74, 6) is -0.233. The van der Waals surface area contributed by atoms with E-state index in [0.717, 1.165) is 44.7 Å². The molecule has 7 nitrogen and oxygen atoms in total. The second-order valence-electron chi connectivity index (χ2n) is 9.20. The summed E-state index contributed by atoms with van der Waals surface area (Å²) >= 11 is 0. The van der Waals surface area contributed by atoms with Crippen LogP contribution in [0.5, 0.6) is 0 Å². The molecule has 2 fully saturated rings. The molecule has 0 N–H and O–H groups in total. The zero-order valence-electron chi connectivity index (χ0n) is 19.8. The van der Waals surface area contributed by atoms with Crippen LogP contribution in [0, 0.1) is 10.1 Å². The maximum atomic E-state index is 13.1. The summed E-state index contributed by atoms with van der Waals surface area (Å²) < 4.78 is 0. The molecule has 0 radical (unpaired) electrons. The van der Waals surface area contributed by atoms with E-state index in [1.807, 2.05) is 12.1 Å². The van der Waals surface area contributed by atoms with Crippen molar-refractivity contribution in [2.75, 3.05) is 44.2 Å². The molecule has 5 rings (SSSR count). The Morgan fingerprint density at radius 2 is 1.34 bits per heavy atom. The number of piperazine rings is 1. The number of rotatable bonds is 6. The van der Waals surface area contributed by atoms with Crippen molar-refractivity contribution in [2.24, 2.45) is 0 Å². The lowest BCUT2D eigenvalue weighted by Crippen LogP contribution is -2.48. The van der Waals surface area contributed by atoms with E-state index in [1.54, 1.807) is 17.0 Å². The average Bonchev–Trinajstić information content (AvgIpc) is 3.45. The number of carbonyl (C=O) groups is 1. The van der Waals surface area contributed by atoms with E-state index in [9.17, 15) is 14.9 Å². The van der Waals surface area contributed by atoms with E-state index >= 15 is 0 Å². The standard InChI is InChI=1S/C28H30N4O3/c33-28(31-15-7-8-16-31)25-21-24(13-14-26(25)32(34)35)29-17-19-30(20-18-29)27(22-9-3-1-4-10-22)23-11-5-2-6-12-23/h1-6,9-14,21,27H,7-8,15-20H2. The summed E-state index contributed by atoms with van der Waals surface area (Å²) in [5, 5.41) is 11.6. The highest BCUT2D eigenvalue weighted by Crippen LogP contribution is 2.32. The Morgan fingerprint density at radius 3 is 1.89 bits per heavy atom. The van der Waals surface area contributed by atoms with Gasteiger partial charge in [0.05, 0.1) is 11.0 Å². The lowest BCUT2D eigenvalue weighted by molar-refractivity contribution is -0.385. The number of carbonyl (C=O) groups excluding carboxylic acids is 1. The van der Waals surface area contributed by atoms with E-state index < -0.39 is 4.92 Å². The van der Waals surface area contributed by atoms with Gasteiger partial charge < -0.3 is 9.80 Å². The fourth-order valence-corrected chi connectivity index (χ4v) is 5.26. The third-order valence-corrected chi connectivity index (χ3v) is 7.08. The molecule has 2 aliphatic heterocycles. The Hall–Kier alpha value is -3.71. The molecule has 0 unspecified atom stereocenters. The molecule has 180 valence electrons. The van der Waals surface area contributed by atoms with Gasteiger partial charge in [0.2, 0.25) is 0 Å². The number of hydrogen-bond acceptors (Lipinski definition) is 5. The quantitative estimate of drug-likeness (QED) is 0.384. The molecule has 3 aromatic carbocycles. The Balaban J connectivity index is 1.36. The van der Waals surface area contributed by atoms with Gasteiger partial charge in [-0.2, -0.15) is 0 Å². The first-order valence-corrected chi connectivity index (χ1v) is 12.3. The Labute approximate surface area is 205 Å². The largest absolute Gasteiger partial charge is 0.369 e. The van der Waals surface area contributed by atoms with Crippen LogP contribution in [-0.4, -0.2) is 59.9 Å². The SMILES string of the molecule is O=C(c1cc(N2CCN(C(c3ccccc3)c3ccccc3)CC2)ccc1[N+](=O)[O-])N1CCCC1. The molecule has 0 spiro atoms. The molecule has 2 heterocycles. The Morgan fingerprint density at radius 1 is 0.771 bits per heavy atom. The number of benzene rings is 3. The highest BCUT2D eigenvalue weighted by Gasteiger charge is 2.30. The van der Waals surface area contributed by atoms with Crippen molar-refractivity contribution in [2.45, 2.75) is 18.9 Å². The van der Waals surface area contributed by atoms with Gasteiger partial charge in [0.15, 0.2) is 0 Å². The van der Waals surface area contributed by atoms with Gasteiger partial charge in [-0.15, -0.1) is 0 Å². The van der Waals surface area contributed by atoms with Crippen molar-refractivity contribution in [3.63, 3.8) is 0 Å². The zero-order valence-corrected chi connectivity index (χ0v) is 19.8. The molecule has 0 atom stereocenters. The van der Waals surface area contributed by atoms with Crippen molar-refractivity contribution in [3.8, 4) is 0 Å². The highest BCUT2D eigenvalue weighted by atomic mass is 16.6. The van der Waals surface area contributed by atoms with Gasteiger partial charge in [-0.25, -0.2) is 0 Å². The van der Waals surface area contributed by atoms with Gasteiger partial charge in [0, 0.05) is 51.0 Å². The topological polar surface area (TPSA) is 69.9 Å². The van der Waals surface area contributed by atoms with Crippen LogP contribution in [0.2, 0.25) is 0 Å². The van der Waals surface area contributed by atoms with Gasteiger partial charge in [-0.1, -0.05) is 60.7 Å². The molecule has 35 heavy (non-hydrogen) atoms. The van der Waals surface area contributed by atoms with E-state index in [1.165, 1.54) is 17.2 Å². The van der Waals surface area contributed by atoms with Crippen molar-refractivity contribution in [3.05, 3.63) is 106 Å². The lowest BCUT2D eigenvalue weighted by Gasteiger charge is -2.40. The predicted molar refractivity (Wildman–Crippen MR) is 137 cm³/mol. The Kier molecular flexibility index (Phi) is 6.77. The fraction of sp³-hybridized carbons (Fsp3) is 0.321. The highest BCUT2D eigenvalue weighted by molar-refractivity contribution is 5.99. The van der Waals surface area contributed by atoms with Crippen LogP contribution in [0.1, 0.15) is 40.4 Å². The van der Waals surface area contributed by atoms with E-state index in [2.05, 4.69) is 58.3 Å². The summed E-state index contributed by atoms with van der Waals surface area (Å²) in [6, 6.07) is 26.3. The fourth-order valence-electron chi connectivity index (χ4n) is 5.26. The summed E-state index contributed by atoms with van der Waals surface area (Å²) in [6.45, 7) is 4.59. The van der Waals surface area contributed by atoms with Crippen LogP contribution < -0.4 is 4.90 Å². The van der Waals surface area contributed by atoms with Gasteiger partial charge in [0.1, 0.15) is 5.56 Å². The summed E-state index contributed by atoms with van der Waals surface area (Å²) in [6.07, 6.45) is 1.90. The summed E-state index contributed by atoms with van der Waals surface area (Å²) in [4.78, 5) is 30.7. The molecule has 2 saturated heterocycles. The first kappa shape index (κ1) is 23.1. The number of hydrogen-bond donors (Lipinski definition) is 0. The second kappa shape index (κ2) is 10.3. The normalized spacial score (nSPS) is 16.6. The predicted octanol–water partition coefficient (Wildman–Crippen LogP) is 4.74. The van der Waals surface area contributed by atoms with Crippen LogP contribution in [0.25, 0.3) is 0 Å². The summed E-state index contributed by atoms with van der Waals surface area (Å²) in [7, 11) is 0. The zero-order chi connectivity index (χ0) is 24.2. The lowest BCUT2D eigenvalue weighted by atomic mass is 9.96. The monoisotopic (exact) mass is 470 g/mol. The van der Waals surface area contributed by atoms with Crippen LogP contribution in [0.3, 0.4) is 0 Å². The number of nitro benzene ring substituents is 1. The molecular weight excluding hydrogens is 440 g/mol. The molecule has 3 aromatic rings. The molecule has 0 aliphatic carbocycles. The first-order chi connectivity index (χ1) is 17.1. The minimum atomic E-state index is -0.449. The minimum Gasteiger partial charge on any atom is -0.369 e. The summed E-state index contributed by atoms with van der Waals surface area (Å²) in [5.41, 5.74) is 3.48.